The van der Waals surface area contributed by atoms with Gasteiger partial charge in [0.05, 0.1) is 11.1 Å². The maximum Gasteiger partial charge on any atom is 0.340 e. The number of imide groups is 1. The Morgan fingerprint density at radius 2 is 2.24 bits per heavy atom. The van der Waals surface area contributed by atoms with Crippen molar-refractivity contribution in [2.24, 2.45) is 0 Å². The summed E-state index contributed by atoms with van der Waals surface area (Å²) in [6.45, 7) is -0.151. The number of rotatable bonds is 5. The number of nitriles is 1. The fourth-order valence-corrected chi connectivity index (χ4v) is 3.30. The number of hydrogen-bond donors (Lipinski definition) is 0. The molecule has 2 heterocycles. The Hall–Kier alpha value is -2.40. The van der Waals surface area contributed by atoms with Gasteiger partial charge in [-0.25, -0.2) is 9.78 Å². The number of carbonyl (C=O) groups excluding carboxylic acids is 3. The first kappa shape index (κ1) is 17.4. The van der Waals surface area contributed by atoms with Crippen LogP contribution in [-0.2, 0) is 14.3 Å². The molecule has 1 aliphatic heterocycles. The first-order valence-electron chi connectivity index (χ1n) is 8.04. The number of aromatic nitrogens is 1. The van der Waals surface area contributed by atoms with Gasteiger partial charge in [-0.05, 0) is 31.6 Å². The number of esters is 1. The van der Waals surface area contributed by atoms with Gasteiger partial charge in [0.15, 0.2) is 6.61 Å². The van der Waals surface area contributed by atoms with Crippen molar-refractivity contribution in [3.05, 3.63) is 22.9 Å². The largest absolute Gasteiger partial charge is 0.452 e. The van der Waals surface area contributed by atoms with E-state index in [1.165, 1.54) is 11.8 Å². The third-order valence-electron chi connectivity index (χ3n) is 4.23. The van der Waals surface area contributed by atoms with E-state index >= 15 is 0 Å². The number of thioether (sulfide) groups is 1. The Morgan fingerprint density at radius 3 is 2.80 bits per heavy atom. The van der Waals surface area contributed by atoms with Crippen molar-refractivity contribution in [2.75, 3.05) is 19.4 Å². The van der Waals surface area contributed by atoms with E-state index in [2.05, 4.69) is 4.98 Å². The first-order chi connectivity index (χ1) is 12.0. The maximum absolute atomic E-state index is 12.4. The second kappa shape index (κ2) is 7.23. The Morgan fingerprint density at radius 1 is 1.48 bits per heavy atom. The Balaban J connectivity index is 1.77. The lowest BCUT2D eigenvalue weighted by molar-refractivity contribution is -0.143. The van der Waals surface area contributed by atoms with E-state index in [0.29, 0.717) is 30.3 Å². The minimum atomic E-state index is -0.740. The van der Waals surface area contributed by atoms with Crippen molar-refractivity contribution in [1.82, 2.24) is 9.88 Å². The molecule has 0 unspecified atom stereocenters. The number of ether oxygens (including phenoxy) is 1. The molecule has 0 spiro atoms. The van der Waals surface area contributed by atoms with Crippen LogP contribution in [0.5, 0.6) is 0 Å². The number of nitrogens with zero attached hydrogens (tertiary/aromatic N) is 3. The molecule has 25 heavy (non-hydrogen) atoms. The van der Waals surface area contributed by atoms with Gasteiger partial charge < -0.3 is 4.74 Å². The number of pyridine rings is 1. The van der Waals surface area contributed by atoms with Crippen LogP contribution in [-0.4, -0.2) is 47.1 Å². The second-order valence-electron chi connectivity index (χ2n) is 5.98. The second-order valence-corrected chi connectivity index (χ2v) is 6.78. The van der Waals surface area contributed by atoms with Crippen LogP contribution in [0.2, 0.25) is 0 Å². The third kappa shape index (κ3) is 3.66. The summed E-state index contributed by atoms with van der Waals surface area (Å²) in [6.07, 6.45) is 4.78. The average Bonchev–Trinajstić information content (AvgIpc) is 3.39. The van der Waals surface area contributed by atoms with Crippen molar-refractivity contribution in [2.45, 2.75) is 36.6 Å². The molecular weight excluding hydrogens is 342 g/mol. The number of likely N-dealkylation sites (tertiary alicyclic amines) is 1. The average molecular weight is 359 g/mol. The van der Waals surface area contributed by atoms with E-state index in [1.807, 2.05) is 6.07 Å². The van der Waals surface area contributed by atoms with Crippen LogP contribution in [0.1, 0.15) is 53.2 Å². The minimum absolute atomic E-state index is 0.129. The molecule has 3 rings (SSSR count). The molecule has 130 valence electrons. The van der Waals surface area contributed by atoms with Crippen LogP contribution >= 0.6 is 11.8 Å². The SMILES string of the molecule is CSc1nc(C2CC2)cc(C(=O)OCC(=O)N2CCCC2=O)c1C#N. The molecule has 1 aromatic heterocycles. The summed E-state index contributed by atoms with van der Waals surface area (Å²) in [6, 6.07) is 3.59. The van der Waals surface area contributed by atoms with Gasteiger partial charge in [-0.2, -0.15) is 5.26 Å². The summed E-state index contributed by atoms with van der Waals surface area (Å²) in [4.78, 5) is 41.5. The molecule has 2 fully saturated rings. The lowest BCUT2D eigenvalue weighted by atomic mass is 10.1. The molecule has 1 aromatic rings. The van der Waals surface area contributed by atoms with Crippen LogP contribution in [0.15, 0.2) is 11.1 Å². The monoisotopic (exact) mass is 359 g/mol. The van der Waals surface area contributed by atoms with Crippen molar-refractivity contribution < 1.29 is 19.1 Å². The lowest BCUT2D eigenvalue weighted by Crippen LogP contribution is -2.35. The molecule has 8 heteroatoms. The zero-order chi connectivity index (χ0) is 18.0. The van der Waals surface area contributed by atoms with E-state index in [4.69, 9.17) is 4.74 Å². The molecule has 1 saturated heterocycles. The number of hydrogen-bond acceptors (Lipinski definition) is 7. The molecule has 2 aliphatic rings. The molecule has 0 bridgehead atoms. The van der Waals surface area contributed by atoms with Crippen LogP contribution in [0, 0.1) is 11.3 Å². The summed E-state index contributed by atoms with van der Waals surface area (Å²) in [7, 11) is 0. The standard InChI is InChI=1S/C17H17N3O4S/c1-25-16-12(8-18)11(7-13(19-16)10-4-5-10)17(23)24-9-15(22)20-6-2-3-14(20)21/h7,10H,2-6,9H2,1H3. The summed E-state index contributed by atoms with van der Waals surface area (Å²) in [5, 5.41) is 9.86. The predicted molar refractivity (Wildman–Crippen MR) is 88.9 cm³/mol. The van der Waals surface area contributed by atoms with E-state index < -0.39 is 18.5 Å². The molecule has 0 aromatic carbocycles. The van der Waals surface area contributed by atoms with Gasteiger partial charge in [0.2, 0.25) is 5.91 Å². The van der Waals surface area contributed by atoms with Gasteiger partial charge in [0.1, 0.15) is 11.1 Å². The quantitative estimate of drug-likeness (QED) is 0.584. The van der Waals surface area contributed by atoms with E-state index in [0.717, 1.165) is 23.4 Å². The fraction of sp³-hybridized carbons (Fsp3) is 0.471. The Kier molecular flexibility index (Phi) is 5.04. The van der Waals surface area contributed by atoms with Gasteiger partial charge in [0.25, 0.3) is 5.91 Å². The maximum atomic E-state index is 12.4. The highest BCUT2D eigenvalue weighted by Gasteiger charge is 2.30. The van der Waals surface area contributed by atoms with Crippen LogP contribution in [0.3, 0.4) is 0 Å². The number of amides is 2. The van der Waals surface area contributed by atoms with Crippen molar-refractivity contribution in [3.8, 4) is 6.07 Å². The van der Waals surface area contributed by atoms with Crippen LogP contribution in [0.4, 0.5) is 0 Å². The van der Waals surface area contributed by atoms with Gasteiger partial charge in [-0.3, -0.25) is 14.5 Å². The molecule has 1 saturated carbocycles. The highest BCUT2D eigenvalue weighted by atomic mass is 32.2. The summed E-state index contributed by atoms with van der Waals surface area (Å²) in [5.74, 6) is -1.20. The van der Waals surface area contributed by atoms with E-state index in [-0.39, 0.29) is 17.0 Å². The summed E-state index contributed by atoms with van der Waals surface area (Å²) >= 11 is 1.29. The fourth-order valence-electron chi connectivity index (χ4n) is 2.74. The smallest absolute Gasteiger partial charge is 0.340 e. The van der Waals surface area contributed by atoms with Gasteiger partial charge in [0, 0.05) is 24.6 Å². The van der Waals surface area contributed by atoms with Crippen molar-refractivity contribution in [1.29, 1.82) is 5.26 Å². The van der Waals surface area contributed by atoms with Gasteiger partial charge in [-0.1, -0.05) is 0 Å². The van der Waals surface area contributed by atoms with Crippen molar-refractivity contribution >= 4 is 29.5 Å². The molecule has 1 aliphatic carbocycles. The van der Waals surface area contributed by atoms with Gasteiger partial charge in [-0.15, -0.1) is 11.8 Å². The molecule has 2 amide bonds. The normalized spacial score (nSPS) is 16.6. The van der Waals surface area contributed by atoms with Crippen LogP contribution < -0.4 is 0 Å². The van der Waals surface area contributed by atoms with Crippen LogP contribution in [0.25, 0.3) is 0 Å². The topological polar surface area (TPSA) is 100 Å². The van der Waals surface area contributed by atoms with Gasteiger partial charge >= 0.3 is 5.97 Å². The molecule has 0 atom stereocenters. The zero-order valence-electron chi connectivity index (χ0n) is 13.8. The first-order valence-corrected chi connectivity index (χ1v) is 9.27. The van der Waals surface area contributed by atoms with E-state index in [1.54, 1.807) is 12.3 Å². The highest BCUT2D eigenvalue weighted by molar-refractivity contribution is 7.98. The minimum Gasteiger partial charge on any atom is -0.452 e. The summed E-state index contributed by atoms with van der Waals surface area (Å²) < 4.78 is 5.08. The Labute approximate surface area is 149 Å². The third-order valence-corrected chi connectivity index (χ3v) is 4.91. The van der Waals surface area contributed by atoms with Crippen molar-refractivity contribution in [3.63, 3.8) is 0 Å². The number of carbonyl (C=O) groups is 3. The predicted octanol–water partition coefficient (Wildman–Crippen LogP) is 1.86. The molecule has 0 radical (unpaired) electrons. The molecule has 7 nitrogen and oxygen atoms in total. The Bertz CT molecular complexity index is 783. The summed E-state index contributed by atoms with van der Waals surface area (Å²) in [5.41, 5.74) is 1.06. The zero-order valence-corrected chi connectivity index (χ0v) is 14.6. The lowest BCUT2D eigenvalue weighted by Gasteiger charge is -2.14. The molecular formula is C17H17N3O4S. The molecule has 0 N–H and O–H groups in total. The van der Waals surface area contributed by atoms with E-state index in [9.17, 15) is 19.6 Å². The highest BCUT2D eigenvalue weighted by Crippen LogP contribution is 2.40.